The Hall–Kier alpha value is -4.15. The number of halogens is 4. The van der Waals surface area contributed by atoms with Gasteiger partial charge in [0.1, 0.15) is 5.69 Å². The number of aromatic amines is 1. The van der Waals surface area contributed by atoms with Gasteiger partial charge in [-0.25, -0.2) is 9.69 Å². The molecule has 13 heteroatoms. The molecule has 0 saturated carbocycles. The monoisotopic (exact) mass is 890 g/mol. The molecule has 1 fully saturated rings. The van der Waals surface area contributed by atoms with Crippen LogP contribution in [-0.2, 0) is 16.0 Å². The zero-order valence-corrected chi connectivity index (χ0v) is 37.4. The summed E-state index contributed by atoms with van der Waals surface area (Å²) < 4.78 is 1.11. The molecule has 0 radical (unpaired) electrons. The van der Waals surface area contributed by atoms with Crippen LogP contribution in [-0.4, -0.2) is 26.6 Å². The number of aryl methyl sites for hydroxylation is 1. The predicted molar refractivity (Wildman–Crippen MR) is 247 cm³/mol. The number of amides is 2. The van der Waals surface area contributed by atoms with E-state index in [1.807, 2.05) is 48.5 Å². The summed E-state index contributed by atoms with van der Waals surface area (Å²) >= 11 is 26.5. The third kappa shape index (κ3) is 11.6. The fourth-order valence-electron chi connectivity index (χ4n) is 7.83. The largest absolute Gasteiger partial charge is 0.301 e. The number of hydrazine groups is 1. The van der Waals surface area contributed by atoms with Gasteiger partial charge >= 0.3 is 5.56 Å². The molecule has 0 aliphatic carbocycles. The standard InChI is InChI=1S/C47H54Cl4N6O3/c1-2-3-4-5-6-7-8-9-10-11-12-13-14-15-16-17-21-33-26-27-37(49)41(30-33)56(57-42(58)28-29-43(57)59)46-44(53-52-40-25-20-23-34-22-18-19-24-36(34)40)47(60)55(54-46)45-38(50)31-35(48)32-39(45)51/h18-20,22-27,30-32,54H,2-17,21,28-29H2,1H3. The van der Waals surface area contributed by atoms with E-state index in [4.69, 9.17) is 46.4 Å². The first-order chi connectivity index (χ1) is 29.2. The summed E-state index contributed by atoms with van der Waals surface area (Å²) in [6.07, 6.45) is 21.3. The van der Waals surface area contributed by atoms with E-state index in [-0.39, 0.29) is 50.1 Å². The van der Waals surface area contributed by atoms with E-state index >= 15 is 0 Å². The summed E-state index contributed by atoms with van der Waals surface area (Å²) in [6, 6.07) is 21.7. The lowest BCUT2D eigenvalue weighted by Gasteiger charge is -2.31. The van der Waals surface area contributed by atoms with Crippen molar-refractivity contribution in [2.75, 3.05) is 5.01 Å². The lowest BCUT2D eigenvalue weighted by Crippen LogP contribution is -2.43. The van der Waals surface area contributed by atoms with Crippen LogP contribution in [0.2, 0.25) is 20.1 Å². The first-order valence-corrected chi connectivity index (χ1v) is 23.0. The van der Waals surface area contributed by atoms with E-state index in [0.717, 1.165) is 51.7 Å². The van der Waals surface area contributed by atoms with E-state index < -0.39 is 17.4 Å². The van der Waals surface area contributed by atoms with E-state index in [9.17, 15) is 14.4 Å². The molecule has 2 amide bonds. The molecule has 1 aliphatic heterocycles. The Morgan fingerprint density at radius 3 is 1.82 bits per heavy atom. The molecular formula is C47H54Cl4N6O3. The summed E-state index contributed by atoms with van der Waals surface area (Å²) in [4.78, 5) is 41.6. The topological polar surface area (TPSA) is 103 Å². The predicted octanol–water partition coefficient (Wildman–Crippen LogP) is 15.4. The summed E-state index contributed by atoms with van der Waals surface area (Å²) in [7, 11) is 0. The molecule has 1 N–H and O–H groups in total. The number of H-pyrrole nitrogens is 1. The second-order valence-electron chi connectivity index (χ2n) is 15.6. The number of rotatable bonds is 23. The minimum Gasteiger partial charge on any atom is -0.272 e. The summed E-state index contributed by atoms with van der Waals surface area (Å²) in [5, 5.41) is 16.9. The average molecular weight is 893 g/mol. The molecule has 0 bridgehead atoms. The molecule has 0 unspecified atom stereocenters. The summed E-state index contributed by atoms with van der Waals surface area (Å²) in [6.45, 7) is 2.27. The summed E-state index contributed by atoms with van der Waals surface area (Å²) in [5.41, 5.74) is 0.989. The molecule has 318 valence electrons. The number of aromatic nitrogens is 2. The second-order valence-corrected chi connectivity index (χ2v) is 17.3. The van der Waals surface area contributed by atoms with Crippen LogP contribution >= 0.6 is 46.4 Å². The molecule has 0 spiro atoms. The normalized spacial score (nSPS) is 13.1. The van der Waals surface area contributed by atoms with Gasteiger partial charge in [0.2, 0.25) is 11.8 Å². The Kier molecular flexibility index (Phi) is 17.1. The molecular weight excluding hydrogens is 838 g/mol. The second kappa shape index (κ2) is 22.6. The number of anilines is 2. The van der Waals surface area contributed by atoms with Gasteiger partial charge in [-0.3, -0.25) is 19.5 Å². The number of azo groups is 1. The molecule has 6 rings (SSSR count). The fourth-order valence-corrected chi connectivity index (χ4v) is 9.01. The lowest BCUT2D eigenvalue weighted by atomic mass is 10.0. The van der Waals surface area contributed by atoms with Gasteiger partial charge in [0.25, 0.3) is 0 Å². The van der Waals surface area contributed by atoms with E-state index in [1.165, 1.54) is 101 Å². The zero-order valence-electron chi connectivity index (χ0n) is 34.3. The van der Waals surface area contributed by atoms with Crippen LogP contribution < -0.4 is 10.6 Å². The maximum absolute atomic E-state index is 14.5. The van der Waals surface area contributed by atoms with Crippen molar-refractivity contribution in [1.29, 1.82) is 0 Å². The highest BCUT2D eigenvalue weighted by atomic mass is 35.5. The first-order valence-electron chi connectivity index (χ1n) is 21.5. The maximum atomic E-state index is 14.5. The van der Waals surface area contributed by atoms with Crippen LogP contribution in [0.4, 0.5) is 22.9 Å². The highest BCUT2D eigenvalue weighted by Gasteiger charge is 2.39. The molecule has 1 saturated heterocycles. The van der Waals surface area contributed by atoms with E-state index in [2.05, 4.69) is 22.3 Å². The molecule has 5 aromatic rings. The van der Waals surface area contributed by atoms with Crippen LogP contribution in [0.1, 0.15) is 128 Å². The van der Waals surface area contributed by atoms with Gasteiger partial charge in [0.15, 0.2) is 11.5 Å². The molecule has 0 atom stereocenters. The highest BCUT2D eigenvalue weighted by molar-refractivity contribution is 6.40. The average Bonchev–Trinajstić information content (AvgIpc) is 3.73. The number of benzene rings is 4. The molecule has 60 heavy (non-hydrogen) atoms. The maximum Gasteiger partial charge on any atom is 0.301 e. The number of imide groups is 1. The summed E-state index contributed by atoms with van der Waals surface area (Å²) in [5.74, 6) is -0.962. The number of carbonyl (C=O) groups excluding carboxylic acids is 2. The smallest absolute Gasteiger partial charge is 0.272 e. The van der Waals surface area contributed by atoms with Gasteiger partial charge in [-0.1, -0.05) is 192 Å². The quantitative estimate of drug-likeness (QED) is 0.0401. The van der Waals surface area contributed by atoms with Crippen LogP contribution in [0.15, 0.2) is 87.8 Å². The lowest BCUT2D eigenvalue weighted by molar-refractivity contribution is -0.138. The molecule has 9 nitrogen and oxygen atoms in total. The number of nitrogens with one attached hydrogen (secondary N) is 1. The number of hydrogen-bond acceptors (Lipinski definition) is 6. The Labute approximate surface area is 373 Å². The number of fused-ring (bicyclic) bond motifs is 1. The number of carbonyl (C=O) groups is 2. The number of hydrogen-bond donors (Lipinski definition) is 1. The van der Waals surface area contributed by atoms with Crippen LogP contribution in [0.25, 0.3) is 16.5 Å². The first kappa shape index (κ1) is 45.4. The molecule has 1 aliphatic rings. The van der Waals surface area contributed by atoms with Crippen molar-refractivity contribution >= 4 is 91.9 Å². The van der Waals surface area contributed by atoms with Gasteiger partial charge < -0.3 is 0 Å². The van der Waals surface area contributed by atoms with Crippen molar-refractivity contribution in [3.8, 4) is 5.69 Å². The van der Waals surface area contributed by atoms with Gasteiger partial charge in [0, 0.05) is 23.3 Å². The molecule has 4 aromatic carbocycles. The zero-order chi connectivity index (χ0) is 42.4. The Morgan fingerprint density at radius 1 is 0.633 bits per heavy atom. The van der Waals surface area contributed by atoms with Crippen molar-refractivity contribution in [3.05, 3.63) is 109 Å². The van der Waals surface area contributed by atoms with Gasteiger partial charge in [-0.2, -0.15) is 5.01 Å². The Balaban J connectivity index is 1.22. The van der Waals surface area contributed by atoms with Crippen molar-refractivity contribution < 1.29 is 9.59 Å². The van der Waals surface area contributed by atoms with Crippen LogP contribution in [0.3, 0.4) is 0 Å². The van der Waals surface area contributed by atoms with Crippen LogP contribution in [0.5, 0.6) is 0 Å². The minimum absolute atomic E-state index is 0.0154. The van der Waals surface area contributed by atoms with E-state index in [1.54, 1.807) is 12.1 Å². The SMILES string of the molecule is CCCCCCCCCCCCCCCCCCc1ccc(Cl)c(N(c2[nH]n(-c3c(Cl)cc(Cl)cc3Cl)c(=O)c2N=Nc2cccc3ccccc23)N2C(=O)CCC2=O)c1. The molecule has 2 heterocycles. The van der Waals surface area contributed by atoms with Gasteiger partial charge in [-0.05, 0) is 54.1 Å². The van der Waals surface area contributed by atoms with Crippen molar-refractivity contribution in [2.45, 2.75) is 129 Å². The van der Waals surface area contributed by atoms with Crippen molar-refractivity contribution in [3.63, 3.8) is 0 Å². The fraction of sp³-hybridized carbons (Fsp3) is 0.426. The minimum atomic E-state index is -0.690. The van der Waals surface area contributed by atoms with Gasteiger partial charge in [0.05, 0.1) is 26.4 Å². The van der Waals surface area contributed by atoms with E-state index in [0.29, 0.717) is 11.4 Å². The van der Waals surface area contributed by atoms with Crippen molar-refractivity contribution in [1.82, 2.24) is 14.8 Å². The Bertz CT molecular complexity index is 2300. The third-order valence-electron chi connectivity index (χ3n) is 11.1. The highest BCUT2D eigenvalue weighted by Crippen LogP contribution is 2.41. The Morgan fingerprint density at radius 2 is 1.20 bits per heavy atom. The van der Waals surface area contributed by atoms with Crippen LogP contribution in [0, 0.1) is 0 Å². The molecule has 1 aromatic heterocycles. The number of unbranched alkanes of at least 4 members (excludes halogenated alkanes) is 15. The van der Waals surface area contributed by atoms with Gasteiger partial charge in [-0.15, -0.1) is 10.2 Å². The third-order valence-corrected chi connectivity index (χ3v) is 12.2. The van der Waals surface area contributed by atoms with Crippen molar-refractivity contribution in [2.24, 2.45) is 10.2 Å². The number of nitrogens with zero attached hydrogens (tertiary/aromatic N) is 5.